The summed E-state index contributed by atoms with van der Waals surface area (Å²) < 4.78 is 0. The maximum atomic E-state index is 12.2. The van der Waals surface area contributed by atoms with E-state index in [0.29, 0.717) is 6.54 Å². The molecule has 2 N–H and O–H groups in total. The van der Waals surface area contributed by atoms with Crippen LogP contribution in [0.1, 0.15) is 32.3 Å². The second kappa shape index (κ2) is 10.3. The predicted octanol–water partition coefficient (Wildman–Crippen LogP) is 1.93. The second-order valence-corrected chi connectivity index (χ2v) is 6.15. The fourth-order valence-electron chi connectivity index (χ4n) is 2.37. The average molecular weight is 349 g/mol. The number of urea groups is 1. The minimum Gasteiger partial charge on any atom is -0.481 e. The first-order valence-electron chi connectivity index (χ1n) is 8.35. The van der Waals surface area contributed by atoms with E-state index >= 15 is 0 Å². The Morgan fingerprint density at radius 1 is 1.12 bits per heavy atom. The molecule has 0 unspecified atom stereocenters. The van der Waals surface area contributed by atoms with Gasteiger partial charge in [-0.1, -0.05) is 30.3 Å². The first kappa shape index (κ1) is 20.5. The summed E-state index contributed by atoms with van der Waals surface area (Å²) in [5.41, 5.74) is 1.02. The number of rotatable bonds is 9. The summed E-state index contributed by atoms with van der Waals surface area (Å²) in [6.45, 7) is 4.55. The van der Waals surface area contributed by atoms with Crippen LogP contribution in [0.3, 0.4) is 0 Å². The van der Waals surface area contributed by atoms with E-state index in [1.54, 1.807) is 11.9 Å². The lowest BCUT2D eigenvalue weighted by molar-refractivity contribution is -0.139. The van der Waals surface area contributed by atoms with Crippen molar-refractivity contribution in [2.45, 2.75) is 39.3 Å². The molecule has 0 saturated heterocycles. The summed E-state index contributed by atoms with van der Waals surface area (Å²) in [6, 6.07) is 9.29. The molecule has 7 heteroatoms. The molecule has 138 valence electrons. The molecule has 1 aromatic carbocycles. The fraction of sp³-hybridized carbons (Fsp3) is 0.500. The lowest BCUT2D eigenvalue weighted by Gasteiger charge is -2.26. The number of carbonyl (C=O) groups is 3. The van der Waals surface area contributed by atoms with Gasteiger partial charge >= 0.3 is 12.0 Å². The number of nitrogens with one attached hydrogen (secondary N) is 1. The molecule has 1 rings (SSSR count). The minimum absolute atomic E-state index is 0.0803. The van der Waals surface area contributed by atoms with Crippen molar-refractivity contribution in [1.82, 2.24) is 15.1 Å². The minimum atomic E-state index is -0.936. The Morgan fingerprint density at radius 3 is 2.32 bits per heavy atom. The monoisotopic (exact) mass is 349 g/mol. The van der Waals surface area contributed by atoms with Crippen molar-refractivity contribution in [1.29, 1.82) is 0 Å². The molecule has 3 amide bonds. The maximum absolute atomic E-state index is 12.2. The zero-order chi connectivity index (χ0) is 18.8. The van der Waals surface area contributed by atoms with E-state index in [2.05, 4.69) is 5.32 Å². The summed E-state index contributed by atoms with van der Waals surface area (Å²) in [5, 5.41) is 11.5. The third-order valence-corrected chi connectivity index (χ3v) is 3.73. The van der Waals surface area contributed by atoms with Gasteiger partial charge < -0.3 is 20.2 Å². The van der Waals surface area contributed by atoms with E-state index in [-0.39, 0.29) is 43.9 Å². The molecule has 7 nitrogen and oxygen atoms in total. The van der Waals surface area contributed by atoms with Gasteiger partial charge in [-0.2, -0.15) is 0 Å². The number of carbonyl (C=O) groups excluding carboxylic acids is 2. The number of carboxylic acid groups (broad SMARTS) is 1. The Balaban J connectivity index is 2.39. The molecule has 0 aromatic heterocycles. The molecule has 1 aromatic rings. The van der Waals surface area contributed by atoms with Crippen molar-refractivity contribution in [2.75, 3.05) is 20.1 Å². The van der Waals surface area contributed by atoms with Crippen LogP contribution < -0.4 is 5.32 Å². The molecule has 0 bridgehead atoms. The third-order valence-electron chi connectivity index (χ3n) is 3.73. The highest BCUT2D eigenvalue weighted by Gasteiger charge is 2.18. The highest BCUT2D eigenvalue weighted by Crippen LogP contribution is 2.04. The van der Waals surface area contributed by atoms with Gasteiger partial charge in [-0.3, -0.25) is 9.59 Å². The van der Waals surface area contributed by atoms with Crippen LogP contribution in [0.15, 0.2) is 30.3 Å². The van der Waals surface area contributed by atoms with E-state index in [1.807, 2.05) is 44.2 Å². The zero-order valence-corrected chi connectivity index (χ0v) is 15.1. The topological polar surface area (TPSA) is 90.0 Å². The molecular formula is C18H27N3O4. The number of hydrogen-bond donors (Lipinski definition) is 2. The van der Waals surface area contributed by atoms with E-state index < -0.39 is 5.97 Å². The van der Waals surface area contributed by atoms with Crippen molar-refractivity contribution in [2.24, 2.45) is 0 Å². The molecule has 0 radical (unpaired) electrons. The standard InChI is InChI=1S/C18H27N3O4/c1-14(2)21(12-10-17(23)24)16(22)9-11-19-18(25)20(3)13-15-7-5-4-6-8-15/h4-8,14H,9-13H2,1-3H3,(H,19,25)(H,23,24). The van der Waals surface area contributed by atoms with Gasteiger partial charge in [-0.25, -0.2) is 4.79 Å². The molecule has 0 heterocycles. The Bertz CT molecular complexity index is 575. The summed E-state index contributed by atoms with van der Waals surface area (Å²) in [7, 11) is 1.69. The Labute approximate surface area is 148 Å². The van der Waals surface area contributed by atoms with Gasteiger partial charge in [0.1, 0.15) is 0 Å². The number of nitrogens with zero attached hydrogens (tertiary/aromatic N) is 2. The molecule has 0 aliphatic carbocycles. The number of aliphatic carboxylic acids is 1. The Kier molecular flexibility index (Phi) is 8.46. The lowest BCUT2D eigenvalue weighted by Crippen LogP contribution is -2.42. The molecule has 0 aliphatic heterocycles. The van der Waals surface area contributed by atoms with Crippen LogP contribution in [-0.4, -0.2) is 59.0 Å². The van der Waals surface area contributed by atoms with Crippen LogP contribution in [0.2, 0.25) is 0 Å². The van der Waals surface area contributed by atoms with Crippen LogP contribution >= 0.6 is 0 Å². The molecule has 0 aliphatic rings. The summed E-state index contributed by atoms with van der Waals surface area (Å²) >= 11 is 0. The summed E-state index contributed by atoms with van der Waals surface area (Å²) in [4.78, 5) is 38.0. The quantitative estimate of drug-likeness (QED) is 0.713. The molecule has 0 saturated carbocycles. The van der Waals surface area contributed by atoms with Gasteiger partial charge in [0, 0.05) is 39.1 Å². The maximum Gasteiger partial charge on any atom is 0.317 e. The number of hydrogen-bond acceptors (Lipinski definition) is 3. The first-order chi connectivity index (χ1) is 11.8. The Hall–Kier alpha value is -2.57. The molecule has 0 spiro atoms. The van der Waals surface area contributed by atoms with Crippen molar-refractivity contribution in [3.63, 3.8) is 0 Å². The Morgan fingerprint density at radius 2 is 1.76 bits per heavy atom. The van der Waals surface area contributed by atoms with Crippen LogP contribution in [-0.2, 0) is 16.1 Å². The van der Waals surface area contributed by atoms with Crippen molar-refractivity contribution >= 4 is 17.9 Å². The zero-order valence-electron chi connectivity index (χ0n) is 15.1. The molecule has 25 heavy (non-hydrogen) atoms. The average Bonchev–Trinajstić information content (AvgIpc) is 2.55. The number of amides is 3. The van der Waals surface area contributed by atoms with E-state index in [1.165, 1.54) is 4.90 Å². The van der Waals surface area contributed by atoms with Gasteiger partial charge in [0.25, 0.3) is 0 Å². The predicted molar refractivity (Wildman–Crippen MR) is 95.0 cm³/mol. The van der Waals surface area contributed by atoms with E-state index in [4.69, 9.17) is 5.11 Å². The van der Waals surface area contributed by atoms with E-state index in [9.17, 15) is 14.4 Å². The lowest BCUT2D eigenvalue weighted by atomic mass is 10.2. The molecular weight excluding hydrogens is 322 g/mol. The first-order valence-corrected chi connectivity index (χ1v) is 8.35. The van der Waals surface area contributed by atoms with Gasteiger partial charge in [-0.15, -0.1) is 0 Å². The van der Waals surface area contributed by atoms with Gasteiger partial charge in [0.2, 0.25) is 5.91 Å². The van der Waals surface area contributed by atoms with Gasteiger partial charge in [0.05, 0.1) is 6.42 Å². The van der Waals surface area contributed by atoms with Crippen molar-refractivity contribution < 1.29 is 19.5 Å². The normalized spacial score (nSPS) is 10.4. The van der Waals surface area contributed by atoms with Crippen molar-refractivity contribution in [3.8, 4) is 0 Å². The van der Waals surface area contributed by atoms with Gasteiger partial charge in [-0.05, 0) is 19.4 Å². The highest BCUT2D eigenvalue weighted by atomic mass is 16.4. The molecule has 0 atom stereocenters. The van der Waals surface area contributed by atoms with E-state index in [0.717, 1.165) is 5.56 Å². The third kappa shape index (κ3) is 7.69. The SMILES string of the molecule is CC(C)N(CCC(=O)O)C(=O)CCNC(=O)N(C)Cc1ccccc1. The van der Waals surface area contributed by atoms with Crippen molar-refractivity contribution in [3.05, 3.63) is 35.9 Å². The smallest absolute Gasteiger partial charge is 0.317 e. The van der Waals surface area contributed by atoms with Crippen LogP contribution in [0.4, 0.5) is 4.79 Å². The van der Waals surface area contributed by atoms with Crippen LogP contribution in [0.25, 0.3) is 0 Å². The number of carboxylic acids is 1. The summed E-state index contributed by atoms with van der Waals surface area (Å²) in [6.07, 6.45) is 0.0544. The van der Waals surface area contributed by atoms with Crippen LogP contribution in [0.5, 0.6) is 0 Å². The highest BCUT2D eigenvalue weighted by molar-refractivity contribution is 5.79. The van der Waals surface area contributed by atoms with Crippen LogP contribution in [0, 0.1) is 0 Å². The van der Waals surface area contributed by atoms with Gasteiger partial charge in [0.15, 0.2) is 0 Å². The largest absolute Gasteiger partial charge is 0.481 e. The number of benzene rings is 1. The summed E-state index contributed by atoms with van der Waals surface area (Å²) in [5.74, 6) is -1.10. The fourth-order valence-corrected chi connectivity index (χ4v) is 2.37. The second-order valence-electron chi connectivity index (χ2n) is 6.15. The molecule has 0 fully saturated rings.